The fourth-order valence-electron chi connectivity index (χ4n) is 8.09. The van der Waals surface area contributed by atoms with Crippen molar-refractivity contribution in [1.82, 2.24) is 4.57 Å². The molecule has 1 aromatic heterocycles. The minimum atomic E-state index is -0.847. The molecule has 0 spiro atoms. The van der Waals surface area contributed by atoms with E-state index in [0.717, 1.165) is 23.1 Å². The molecule has 0 N–H and O–H groups in total. The summed E-state index contributed by atoms with van der Waals surface area (Å²) in [5, 5.41) is 8.43. The standard InChI is InChI=1S/C25H22P2.C15H10N.C15H9.2Au/c1-5-13-22(14-6-1)26(23-15-7-2-8-16-23)21-27(24-17-9-3-10-18-24)25-19-11-4-12-20-25;1-3-11-7-6-9-13-12-8-4-5-10-14(12)16(2)15(11)13;1-2-11-7-5-9-14-13-8-4-3-6-12(13)10-15(11)14;;/h1-20H,21H2;4-10H,2H3;3-9H,10H2;;/q;2*-1;2*+1/p+2. The van der Waals surface area contributed by atoms with Gasteiger partial charge in [-0.1, -0.05) is 140 Å². The Hall–Kier alpha value is -4.98. The van der Waals surface area contributed by atoms with Crippen LogP contribution in [0.2, 0.25) is 0 Å². The molecule has 5 heteroatoms. The Morgan fingerprint density at radius 1 is 0.450 bits per heavy atom. The molecule has 0 fully saturated rings. The van der Waals surface area contributed by atoms with E-state index in [0.29, 0.717) is 0 Å². The first-order valence-electron chi connectivity index (χ1n) is 19.6. The predicted molar refractivity (Wildman–Crippen MR) is 253 cm³/mol. The van der Waals surface area contributed by atoms with Gasteiger partial charge in [0.15, 0.2) is 5.90 Å². The number of benzene rings is 8. The van der Waals surface area contributed by atoms with Crippen LogP contribution in [0.1, 0.15) is 22.3 Å². The van der Waals surface area contributed by atoms with E-state index < -0.39 is 15.8 Å². The summed E-state index contributed by atoms with van der Waals surface area (Å²) in [6, 6.07) is 73.3. The van der Waals surface area contributed by atoms with Gasteiger partial charge in [0.25, 0.3) is 0 Å². The first kappa shape index (κ1) is 44.6. The normalized spacial score (nSPS) is 10.8. The first-order chi connectivity index (χ1) is 28.6. The van der Waals surface area contributed by atoms with Crippen molar-refractivity contribution in [3.63, 3.8) is 0 Å². The average molecular weight is 1170 g/mol. The molecule has 10 rings (SSSR count). The largest absolute Gasteiger partial charge is 1.00 e. The van der Waals surface area contributed by atoms with Crippen LogP contribution in [0.4, 0.5) is 0 Å². The van der Waals surface area contributed by atoms with Gasteiger partial charge in [0.2, 0.25) is 0 Å². The Bertz CT molecular complexity index is 2720. The third-order valence-electron chi connectivity index (χ3n) is 10.9. The number of nitrogens with zero attached hydrogens (tertiary/aromatic N) is 1. The molecule has 1 aliphatic carbocycles. The van der Waals surface area contributed by atoms with E-state index >= 15 is 0 Å². The number of hydrogen-bond acceptors (Lipinski definition) is 0. The summed E-state index contributed by atoms with van der Waals surface area (Å²) in [6.45, 7) is 0. The second-order valence-corrected chi connectivity index (χ2v) is 19.9. The summed E-state index contributed by atoms with van der Waals surface area (Å²) >= 11 is 0. The number of rotatable bonds is 6. The average Bonchev–Trinajstić information content (AvgIpc) is 3.83. The molecule has 0 radical (unpaired) electrons. The van der Waals surface area contributed by atoms with Crippen molar-refractivity contribution in [2.75, 3.05) is 5.90 Å². The van der Waals surface area contributed by atoms with Gasteiger partial charge in [0, 0.05) is 18.0 Å². The molecule has 0 amide bonds. The van der Waals surface area contributed by atoms with Gasteiger partial charge in [0.05, 0.1) is 0 Å². The maximum atomic E-state index is 7.33. The molecule has 298 valence electrons. The zero-order valence-corrected chi connectivity index (χ0v) is 39.4. The summed E-state index contributed by atoms with van der Waals surface area (Å²) in [7, 11) is 0.338. The number of hydrogen-bond donors (Lipinski definition) is 0. The minimum absolute atomic E-state index is 0. The minimum Gasteiger partial charge on any atom is -0.366 e. The fourth-order valence-corrected chi connectivity index (χ4v) is 15.8. The van der Waals surface area contributed by atoms with Crippen LogP contribution in [0.25, 0.3) is 32.9 Å². The molecule has 0 bridgehead atoms. The number of aromatic nitrogens is 1. The second kappa shape index (κ2) is 21.5. The van der Waals surface area contributed by atoms with E-state index in [2.05, 4.69) is 186 Å². The molecule has 0 aliphatic heterocycles. The van der Waals surface area contributed by atoms with E-state index in [1.165, 1.54) is 65.7 Å². The Balaban J connectivity index is 0.000000157. The number of para-hydroxylation sites is 2. The molecule has 0 saturated heterocycles. The third kappa shape index (κ3) is 9.80. The molecular formula is C55H43Au2NP2+2. The van der Waals surface area contributed by atoms with Crippen molar-refractivity contribution in [2.45, 2.75) is 6.42 Å². The molecule has 1 heterocycles. The quantitative estimate of drug-likeness (QED) is 0.0677. The van der Waals surface area contributed by atoms with Crippen LogP contribution in [0, 0.1) is 24.7 Å². The molecule has 0 unspecified atom stereocenters. The van der Waals surface area contributed by atoms with Crippen LogP contribution in [0.5, 0.6) is 0 Å². The van der Waals surface area contributed by atoms with E-state index in [9.17, 15) is 0 Å². The van der Waals surface area contributed by atoms with Gasteiger partial charge < -0.3 is 17.4 Å². The SMILES string of the molecule is [Au+].[Au+].[C-]#Cc1cccc2c1Cc1ccccc1-2.[C-]#Cc1cccc2c3ccccc3n(C)c12.c1ccc([PH+](C[PH+](c2ccccc2)c2ccccc2)c2ccccc2)cc1. The maximum Gasteiger partial charge on any atom is 1.00 e. The molecule has 0 saturated carbocycles. The molecule has 1 aliphatic rings. The van der Waals surface area contributed by atoms with E-state index in [1.807, 2.05) is 43.4 Å². The van der Waals surface area contributed by atoms with Gasteiger partial charge >= 0.3 is 44.8 Å². The van der Waals surface area contributed by atoms with Crippen LogP contribution in [0.3, 0.4) is 0 Å². The Morgan fingerprint density at radius 2 is 0.867 bits per heavy atom. The van der Waals surface area contributed by atoms with Gasteiger partial charge in [-0.3, -0.25) is 11.8 Å². The predicted octanol–water partition coefficient (Wildman–Crippen LogP) is 11.1. The monoisotopic (exact) mass is 1170 g/mol. The van der Waals surface area contributed by atoms with Crippen LogP contribution in [-0.4, -0.2) is 10.5 Å². The molecule has 8 aromatic carbocycles. The Morgan fingerprint density at radius 3 is 1.40 bits per heavy atom. The van der Waals surface area contributed by atoms with Crippen LogP contribution >= 0.6 is 15.8 Å². The van der Waals surface area contributed by atoms with E-state index in [-0.39, 0.29) is 44.8 Å². The van der Waals surface area contributed by atoms with Gasteiger partial charge in [-0.25, -0.2) is 0 Å². The van der Waals surface area contributed by atoms with Crippen molar-refractivity contribution in [3.8, 4) is 23.0 Å². The zero-order chi connectivity index (χ0) is 39.7. The topological polar surface area (TPSA) is 4.93 Å². The van der Waals surface area contributed by atoms with Gasteiger partial charge in [-0.15, -0.1) is 28.8 Å². The van der Waals surface area contributed by atoms with Crippen molar-refractivity contribution < 1.29 is 44.8 Å². The van der Waals surface area contributed by atoms with E-state index in [1.54, 1.807) is 0 Å². The van der Waals surface area contributed by atoms with Crippen molar-refractivity contribution in [3.05, 3.63) is 241 Å². The summed E-state index contributed by atoms with van der Waals surface area (Å²) in [4.78, 5) is 0. The Kier molecular flexibility index (Phi) is 16.0. The van der Waals surface area contributed by atoms with Crippen molar-refractivity contribution in [2.24, 2.45) is 7.05 Å². The van der Waals surface area contributed by atoms with Crippen molar-refractivity contribution in [1.29, 1.82) is 0 Å². The summed E-state index contributed by atoms with van der Waals surface area (Å²) in [6.07, 6.45) is 15.5. The van der Waals surface area contributed by atoms with Gasteiger partial charge in [-0.2, -0.15) is 0 Å². The molecule has 9 aromatic rings. The summed E-state index contributed by atoms with van der Waals surface area (Å²) < 4.78 is 2.13. The number of aryl methyl sites for hydroxylation is 1. The number of fused-ring (bicyclic) bond motifs is 6. The molecule has 1 nitrogen and oxygen atoms in total. The molecule has 60 heavy (non-hydrogen) atoms. The fraction of sp³-hybridized carbons (Fsp3) is 0.0545. The van der Waals surface area contributed by atoms with E-state index in [4.69, 9.17) is 12.8 Å². The van der Waals surface area contributed by atoms with Gasteiger partial charge in [-0.05, 0) is 88.6 Å². The smallest absolute Gasteiger partial charge is 0.366 e. The molecule has 0 atom stereocenters. The van der Waals surface area contributed by atoms with Crippen LogP contribution in [-0.2, 0) is 58.2 Å². The van der Waals surface area contributed by atoms with Gasteiger partial charge in [0.1, 0.15) is 37.1 Å². The Labute approximate surface area is 388 Å². The van der Waals surface area contributed by atoms with Crippen LogP contribution < -0.4 is 21.2 Å². The zero-order valence-electron chi connectivity index (χ0n) is 33.1. The summed E-state index contributed by atoms with van der Waals surface area (Å²) in [5.41, 5.74) is 9.22. The first-order valence-corrected chi connectivity index (χ1v) is 23.0. The second-order valence-electron chi connectivity index (χ2n) is 14.3. The van der Waals surface area contributed by atoms with Crippen molar-refractivity contribution >= 4 is 58.9 Å². The summed E-state index contributed by atoms with van der Waals surface area (Å²) in [5.74, 6) is 6.26. The van der Waals surface area contributed by atoms with Crippen LogP contribution in [0.15, 0.2) is 206 Å². The molecular weight excluding hydrogens is 1130 g/mol. The maximum absolute atomic E-state index is 7.33. The third-order valence-corrected chi connectivity index (χ3v) is 17.8.